The molecule has 0 atom stereocenters. The van der Waals surface area contributed by atoms with E-state index in [0.717, 1.165) is 11.3 Å². The molecule has 9 nitrogen and oxygen atoms in total. The summed E-state index contributed by atoms with van der Waals surface area (Å²) in [6, 6.07) is 7.38. The highest BCUT2D eigenvalue weighted by atomic mass is 32.1. The van der Waals surface area contributed by atoms with Gasteiger partial charge < -0.3 is 20.1 Å². The van der Waals surface area contributed by atoms with Crippen LogP contribution in [0.15, 0.2) is 24.3 Å². The lowest BCUT2D eigenvalue weighted by Crippen LogP contribution is -2.38. The molecule has 0 saturated carbocycles. The van der Waals surface area contributed by atoms with Crippen LogP contribution < -0.4 is 15.4 Å². The van der Waals surface area contributed by atoms with Gasteiger partial charge in [0.05, 0.1) is 20.3 Å². The second-order valence-corrected chi connectivity index (χ2v) is 5.99. The third-order valence-electron chi connectivity index (χ3n) is 3.74. The molecule has 10 heteroatoms. The van der Waals surface area contributed by atoms with Gasteiger partial charge in [0, 0.05) is 32.2 Å². The minimum absolute atomic E-state index is 0.0787. The Labute approximate surface area is 162 Å². The zero-order valence-corrected chi connectivity index (χ0v) is 16.1. The highest BCUT2D eigenvalue weighted by Gasteiger charge is 2.11. The molecule has 0 unspecified atom stereocenters. The molecular formula is C17H23N5O4S. The molecule has 2 aromatic rings. The van der Waals surface area contributed by atoms with Gasteiger partial charge in [-0.2, -0.15) is 5.10 Å². The van der Waals surface area contributed by atoms with Crippen LogP contribution >= 0.6 is 12.2 Å². The molecule has 2 rings (SSSR count). The zero-order valence-electron chi connectivity index (χ0n) is 15.3. The van der Waals surface area contributed by atoms with Crippen molar-refractivity contribution in [2.75, 3.05) is 33.9 Å². The van der Waals surface area contributed by atoms with Crippen molar-refractivity contribution in [1.29, 1.82) is 0 Å². The molecular weight excluding hydrogens is 370 g/mol. The quantitative estimate of drug-likeness (QED) is 0.408. The number of nitrogens with one attached hydrogen (secondary N) is 3. The van der Waals surface area contributed by atoms with Crippen molar-refractivity contribution in [1.82, 2.24) is 25.4 Å². The number of aromatic nitrogens is 3. The van der Waals surface area contributed by atoms with Crippen LogP contribution in [0.2, 0.25) is 0 Å². The van der Waals surface area contributed by atoms with Gasteiger partial charge >= 0.3 is 0 Å². The zero-order chi connectivity index (χ0) is 19.6. The van der Waals surface area contributed by atoms with E-state index in [-0.39, 0.29) is 24.8 Å². The van der Waals surface area contributed by atoms with E-state index in [2.05, 4.69) is 20.8 Å². The first-order valence-electron chi connectivity index (χ1n) is 8.37. The van der Waals surface area contributed by atoms with Crippen molar-refractivity contribution in [3.05, 3.63) is 29.0 Å². The number of hydrogen-bond donors (Lipinski definition) is 3. The Kier molecular flexibility index (Phi) is 7.96. The number of H-pyrrole nitrogens is 1. The van der Waals surface area contributed by atoms with Crippen molar-refractivity contribution < 1.29 is 19.1 Å². The summed E-state index contributed by atoms with van der Waals surface area (Å²) in [5, 5.41) is 12.2. The fourth-order valence-electron chi connectivity index (χ4n) is 2.32. The minimum atomic E-state index is -0.265. The minimum Gasteiger partial charge on any atom is -0.497 e. The molecule has 1 aromatic heterocycles. The summed E-state index contributed by atoms with van der Waals surface area (Å²) in [5.74, 6) is 0.857. The van der Waals surface area contributed by atoms with Gasteiger partial charge in [0.15, 0.2) is 10.6 Å². The number of carbonyl (C=O) groups excluding carboxylic acids is 2. The molecule has 146 valence electrons. The Balaban J connectivity index is 1.90. The third-order valence-corrected chi connectivity index (χ3v) is 4.06. The summed E-state index contributed by atoms with van der Waals surface area (Å²) in [6.45, 7) is 1.09. The number of benzene rings is 1. The number of amides is 2. The Morgan fingerprint density at radius 3 is 2.59 bits per heavy atom. The fourth-order valence-corrected chi connectivity index (χ4v) is 2.54. The van der Waals surface area contributed by atoms with Gasteiger partial charge in [0.2, 0.25) is 11.8 Å². The summed E-state index contributed by atoms with van der Waals surface area (Å²) in [6.07, 6.45) is 0.169. The van der Waals surface area contributed by atoms with Crippen LogP contribution in [0.5, 0.6) is 5.75 Å². The fraction of sp³-hybridized carbons (Fsp3) is 0.412. The first kappa shape index (κ1) is 20.6. The highest BCUT2D eigenvalue weighted by Crippen LogP contribution is 2.21. The monoisotopic (exact) mass is 393 g/mol. The van der Waals surface area contributed by atoms with Crippen molar-refractivity contribution in [2.45, 2.75) is 13.0 Å². The molecule has 1 heterocycles. The summed E-state index contributed by atoms with van der Waals surface area (Å²) in [4.78, 5) is 23.6. The largest absolute Gasteiger partial charge is 0.497 e. The molecule has 0 radical (unpaired) electrons. The molecule has 0 bridgehead atoms. The van der Waals surface area contributed by atoms with Crippen LogP contribution in [-0.2, 0) is 20.9 Å². The molecule has 0 spiro atoms. The average Bonchev–Trinajstić information content (AvgIpc) is 3.05. The van der Waals surface area contributed by atoms with E-state index in [1.165, 1.54) is 0 Å². The number of carbonyl (C=O) groups is 2. The van der Waals surface area contributed by atoms with E-state index in [9.17, 15) is 9.59 Å². The predicted octanol–water partition coefficient (Wildman–Crippen LogP) is 0.885. The smallest absolute Gasteiger partial charge is 0.239 e. The lowest BCUT2D eigenvalue weighted by atomic mass is 10.2. The Morgan fingerprint density at radius 1 is 1.19 bits per heavy atom. The number of nitrogens with zero attached hydrogens (tertiary/aromatic N) is 2. The van der Waals surface area contributed by atoms with E-state index in [1.807, 2.05) is 24.3 Å². The molecule has 2 amide bonds. The second kappa shape index (κ2) is 10.4. The molecule has 0 saturated heterocycles. The molecule has 0 aliphatic heterocycles. The first-order chi connectivity index (χ1) is 13.0. The second-order valence-electron chi connectivity index (χ2n) is 5.60. The van der Waals surface area contributed by atoms with Gasteiger partial charge in [-0.15, -0.1) is 0 Å². The standard InChI is InChI=1S/C17H23N5O4S/c1-25-10-8-18-15(24)11-19-14(23)7-9-22-16(20-21-17(22)27)12-3-5-13(26-2)6-4-12/h3-6H,7-11H2,1-2H3,(H,18,24)(H,19,23)(H,21,27). The van der Waals surface area contributed by atoms with Crippen LogP contribution in [0.25, 0.3) is 11.4 Å². The number of ether oxygens (including phenoxy) is 2. The topological polar surface area (TPSA) is 110 Å². The Bertz CT molecular complexity index is 815. The number of aromatic amines is 1. The Hall–Kier alpha value is -2.72. The molecule has 0 aliphatic carbocycles. The van der Waals surface area contributed by atoms with Gasteiger partial charge in [-0.1, -0.05) is 0 Å². The van der Waals surface area contributed by atoms with Crippen molar-refractivity contribution in [3.63, 3.8) is 0 Å². The van der Waals surface area contributed by atoms with Crippen LogP contribution in [0.4, 0.5) is 0 Å². The maximum absolute atomic E-state index is 12.0. The van der Waals surface area contributed by atoms with Crippen molar-refractivity contribution in [3.8, 4) is 17.1 Å². The summed E-state index contributed by atoms with van der Waals surface area (Å²) in [7, 11) is 3.15. The van der Waals surface area contributed by atoms with Gasteiger partial charge in [-0.05, 0) is 36.5 Å². The summed E-state index contributed by atoms with van der Waals surface area (Å²) < 4.78 is 12.2. The van der Waals surface area contributed by atoms with Crippen molar-refractivity contribution in [2.24, 2.45) is 0 Å². The van der Waals surface area contributed by atoms with E-state index < -0.39 is 0 Å². The van der Waals surface area contributed by atoms with Gasteiger partial charge in [-0.25, -0.2) is 0 Å². The lowest BCUT2D eigenvalue weighted by Gasteiger charge is -2.09. The normalized spacial score (nSPS) is 10.4. The van der Waals surface area contributed by atoms with Crippen LogP contribution in [0.3, 0.4) is 0 Å². The maximum atomic E-state index is 12.0. The van der Waals surface area contributed by atoms with E-state index in [0.29, 0.717) is 30.3 Å². The number of rotatable bonds is 10. The molecule has 3 N–H and O–H groups in total. The van der Waals surface area contributed by atoms with Crippen LogP contribution in [0.1, 0.15) is 6.42 Å². The first-order valence-corrected chi connectivity index (χ1v) is 8.78. The SMILES string of the molecule is COCCNC(=O)CNC(=O)CCn1c(-c2ccc(OC)cc2)n[nH]c1=S. The summed E-state index contributed by atoms with van der Waals surface area (Å²) >= 11 is 5.25. The van der Waals surface area contributed by atoms with Crippen LogP contribution in [0, 0.1) is 4.77 Å². The van der Waals surface area contributed by atoms with E-state index in [1.54, 1.807) is 18.8 Å². The van der Waals surface area contributed by atoms with Crippen molar-refractivity contribution >= 4 is 24.0 Å². The number of methoxy groups -OCH3 is 2. The Morgan fingerprint density at radius 2 is 1.93 bits per heavy atom. The molecule has 1 aromatic carbocycles. The summed E-state index contributed by atoms with van der Waals surface area (Å²) in [5.41, 5.74) is 0.848. The van der Waals surface area contributed by atoms with Gasteiger partial charge in [0.25, 0.3) is 0 Å². The van der Waals surface area contributed by atoms with Gasteiger partial charge in [-0.3, -0.25) is 19.3 Å². The molecule has 0 aliphatic rings. The number of hydrogen-bond acceptors (Lipinski definition) is 6. The highest BCUT2D eigenvalue weighted by molar-refractivity contribution is 7.71. The lowest BCUT2D eigenvalue weighted by molar-refractivity contribution is -0.126. The van der Waals surface area contributed by atoms with E-state index >= 15 is 0 Å². The predicted molar refractivity (Wildman–Crippen MR) is 102 cm³/mol. The average molecular weight is 393 g/mol. The molecule has 0 fully saturated rings. The third kappa shape index (κ3) is 6.19. The van der Waals surface area contributed by atoms with Gasteiger partial charge in [0.1, 0.15) is 5.75 Å². The van der Waals surface area contributed by atoms with Crippen LogP contribution in [-0.4, -0.2) is 60.5 Å². The van der Waals surface area contributed by atoms with E-state index in [4.69, 9.17) is 21.7 Å². The maximum Gasteiger partial charge on any atom is 0.239 e. The molecule has 27 heavy (non-hydrogen) atoms.